The third-order valence-corrected chi connectivity index (χ3v) is 3.90. The van der Waals surface area contributed by atoms with Crippen LogP contribution in [0.5, 0.6) is 0 Å². The number of hydrogen-bond donors (Lipinski definition) is 0. The molecule has 0 amide bonds. The van der Waals surface area contributed by atoms with Crippen LogP contribution >= 0.6 is 0 Å². The summed E-state index contributed by atoms with van der Waals surface area (Å²) in [5.74, 6) is 0. The van der Waals surface area contributed by atoms with Crippen LogP contribution in [0.4, 0.5) is 0 Å². The third-order valence-electron chi connectivity index (χ3n) is 3.90. The number of unbranched alkanes of at least 4 members (excludes halogenated alkanes) is 8. The van der Waals surface area contributed by atoms with Gasteiger partial charge < -0.3 is 0 Å². The van der Waals surface area contributed by atoms with Crippen LogP contribution in [0.15, 0.2) is 0 Å². The molecular formula is C17H36O2. The van der Waals surface area contributed by atoms with Gasteiger partial charge in [0, 0.05) is 0 Å². The minimum absolute atomic E-state index is 0.0762. The van der Waals surface area contributed by atoms with E-state index in [1.54, 1.807) is 7.11 Å². The first kappa shape index (κ1) is 18.9. The maximum atomic E-state index is 5.54. The molecule has 0 heterocycles. The van der Waals surface area contributed by atoms with Crippen molar-refractivity contribution in [1.29, 1.82) is 0 Å². The fourth-order valence-electron chi connectivity index (χ4n) is 2.61. The molecule has 0 atom stereocenters. The van der Waals surface area contributed by atoms with Crippen LogP contribution in [0.25, 0.3) is 0 Å². The Morgan fingerprint density at radius 2 is 1.11 bits per heavy atom. The summed E-state index contributed by atoms with van der Waals surface area (Å²) in [4.78, 5) is 10.5. The van der Waals surface area contributed by atoms with Crippen LogP contribution in [0.3, 0.4) is 0 Å². The van der Waals surface area contributed by atoms with E-state index in [2.05, 4.69) is 20.8 Å². The number of rotatable bonds is 14. The first-order valence-electron chi connectivity index (χ1n) is 8.40. The van der Waals surface area contributed by atoms with Crippen molar-refractivity contribution in [2.24, 2.45) is 0 Å². The van der Waals surface area contributed by atoms with Crippen LogP contribution in [-0.4, -0.2) is 12.7 Å². The summed E-state index contributed by atoms with van der Waals surface area (Å²) < 4.78 is 0. The molecule has 0 fully saturated rings. The van der Waals surface area contributed by atoms with Gasteiger partial charge in [-0.2, -0.15) is 0 Å². The van der Waals surface area contributed by atoms with Crippen molar-refractivity contribution in [2.75, 3.05) is 7.11 Å². The standard InChI is InChI=1S/C17H36O2/c1-5-7-9-11-13-15-17(3,19-18-4)16-14-12-10-8-6-2/h5-16H2,1-4H3. The lowest BCUT2D eigenvalue weighted by molar-refractivity contribution is -0.343. The maximum absolute atomic E-state index is 5.54. The monoisotopic (exact) mass is 272 g/mol. The zero-order chi connectivity index (χ0) is 14.4. The smallest absolute Gasteiger partial charge is 0.101 e. The fourth-order valence-corrected chi connectivity index (χ4v) is 2.61. The molecule has 0 aromatic rings. The Kier molecular flexibility index (Phi) is 12.9. The third kappa shape index (κ3) is 11.4. The summed E-state index contributed by atoms with van der Waals surface area (Å²) in [5, 5.41) is 0. The highest BCUT2D eigenvalue weighted by molar-refractivity contribution is 4.74. The Labute approximate surface area is 121 Å². The molecule has 19 heavy (non-hydrogen) atoms. The van der Waals surface area contributed by atoms with Gasteiger partial charge in [0.25, 0.3) is 0 Å². The zero-order valence-electron chi connectivity index (χ0n) is 13.8. The molecular weight excluding hydrogens is 236 g/mol. The summed E-state index contributed by atoms with van der Waals surface area (Å²) in [6.45, 7) is 6.72. The van der Waals surface area contributed by atoms with Crippen LogP contribution < -0.4 is 0 Å². The van der Waals surface area contributed by atoms with Gasteiger partial charge in [0.2, 0.25) is 0 Å². The predicted molar refractivity (Wildman–Crippen MR) is 83.3 cm³/mol. The molecule has 0 radical (unpaired) electrons. The SMILES string of the molecule is CCCCCCCC(C)(CCCCCCC)OOC. The van der Waals surface area contributed by atoms with Crippen molar-refractivity contribution < 1.29 is 9.78 Å². The highest BCUT2D eigenvalue weighted by atomic mass is 17.2. The van der Waals surface area contributed by atoms with E-state index in [0.717, 1.165) is 12.8 Å². The molecule has 116 valence electrons. The molecule has 0 aromatic carbocycles. The van der Waals surface area contributed by atoms with Crippen molar-refractivity contribution in [3.05, 3.63) is 0 Å². The Morgan fingerprint density at radius 1 is 0.684 bits per heavy atom. The summed E-state index contributed by atoms with van der Waals surface area (Å²) in [6, 6.07) is 0. The highest BCUT2D eigenvalue weighted by Gasteiger charge is 2.25. The van der Waals surface area contributed by atoms with Crippen molar-refractivity contribution >= 4 is 0 Å². The quantitative estimate of drug-likeness (QED) is 0.218. The molecule has 0 N–H and O–H groups in total. The second kappa shape index (κ2) is 12.9. The van der Waals surface area contributed by atoms with E-state index < -0.39 is 0 Å². The van der Waals surface area contributed by atoms with Gasteiger partial charge in [-0.25, -0.2) is 9.78 Å². The lowest BCUT2D eigenvalue weighted by Gasteiger charge is -2.27. The molecule has 0 aliphatic heterocycles. The minimum Gasteiger partial charge on any atom is -0.240 e. The molecule has 0 spiro atoms. The average molecular weight is 272 g/mol. The summed E-state index contributed by atoms with van der Waals surface area (Å²) in [7, 11) is 1.63. The zero-order valence-corrected chi connectivity index (χ0v) is 13.8. The molecule has 0 aliphatic rings. The second-order valence-corrected chi connectivity index (χ2v) is 6.03. The van der Waals surface area contributed by atoms with Crippen molar-refractivity contribution in [1.82, 2.24) is 0 Å². The van der Waals surface area contributed by atoms with Gasteiger partial charge in [0.15, 0.2) is 0 Å². The van der Waals surface area contributed by atoms with Gasteiger partial charge in [0.05, 0.1) is 7.11 Å². The fraction of sp³-hybridized carbons (Fsp3) is 1.00. The lowest BCUT2D eigenvalue weighted by atomic mass is 9.91. The average Bonchev–Trinajstić information content (AvgIpc) is 2.39. The van der Waals surface area contributed by atoms with Crippen LogP contribution in [-0.2, 0) is 9.78 Å². The Hall–Kier alpha value is -0.0800. The molecule has 0 rings (SSSR count). The first-order chi connectivity index (χ1) is 9.18. The van der Waals surface area contributed by atoms with Crippen molar-refractivity contribution in [3.63, 3.8) is 0 Å². The van der Waals surface area contributed by atoms with E-state index in [4.69, 9.17) is 9.78 Å². The molecule has 0 bridgehead atoms. The summed E-state index contributed by atoms with van der Waals surface area (Å²) in [5.41, 5.74) is -0.0762. The van der Waals surface area contributed by atoms with E-state index in [-0.39, 0.29) is 5.60 Å². The molecule has 0 aromatic heterocycles. The van der Waals surface area contributed by atoms with E-state index >= 15 is 0 Å². The van der Waals surface area contributed by atoms with E-state index in [0.29, 0.717) is 0 Å². The molecule has 2 nitrogen and oxygen atoms in total. The summed E-state index contributed by atoms with van der Waals surface area (Å²) in [6.07, 6.45) is 15.5. The molecule has 0 unspecified atom stereocenters. The highest BCUT2D eigenvalue weighted by Crippen LogP contribution is 2.26. The van der Waals surface area contributed by atoms with Crippen molar-refractivity contribution in [2.45, 2.75) is 103 Å². The van der Waals surface area contributed by atoms with E-state index in [1.807, 2.05) is 0 Å². The maximum Gasteiger partial charge on any atom is 0.101 e. The van der Waals surface area contributed by atoms with Crippen LogP contribution in [0.2, 0.25) is 0 Å². The summed E-state index contributed by atoms with van der Waals surface area (Å²) >= 11 is 0. The Balaban J connectivity index is 3.76. The van der Waals surface area contributed by atoms with Gasteiger partial charge in [0.1, 0.15) is 5.60 Å². The second-order valence-electron chi connectivity index (χ2n) is 6.03. The van der Waals surface area contributed by atoms with Gasteiger partial charge in [-0.1, -0.05) is 78.1 Å². The molecule has 0 saturated heterocycles. The Morgan fingerprint density at radius 3 is 1.47 bits per heavy atom. The number of hydrogen-bond acceptors (Lipinski definition) is 2. The molecule has 0 aliphatic carbocycles. The topological polar surface area (TPSA) is 18.5 Å². The molecule has 0 saturated carbocycles. The van der Waals surface area contributed by atoms with E-state index in [1.165, 1.54) is 64.2 Å². The molecule has 2 heteroatoms. The Bertz CT molecular complexity index is 166. The normalized spacial score (nSPS) is 12.0. The predicted octanol–water partition coefficient (Wildman–Crippen LogP) is 6.04. The van der Waals surface area contributed by atoms with E-state index in [9.17, 15) is 0 Å². The van der Waals surface area contributed by atoms with Gasteiger partial charge in [-0.15, -0.1) is 0 Å². The largest absolute Gasteiger partial charge is 0.240 e. The minimum atomic E-state index is -0.0762. The van der Waals surface area contributed by atoms with Crippen LogP contribution in [0, 0.1) is 0 Å². The van der Waals surface area contributed by atoms with Gasteiger partial charge in [-0.05, 0) is 19.8 Å². The van der Waals surface area contributed by atoms with Crippen molar-refractivity contribution in [3.8, 4) is 0 Å². The van der Waals surface area contributed by atoms with Gasteiger partial charge in [-0.3, -0.25) is 0 Å². The van der Waals surface area contributed by atoms with Gasteiger partial charge >= 0.3 is 0 Å². The van der Waals surface area contributed by atoms with Crippen LogP contribution in [0.1, 0.15) is 97.8 Å². The first-order valence-corrected chi connectivity index (χ1v) is 8.40. The lowest BCUT2D eigenvalue weighted by Crippen LogP contribution is -2.28.